The number of imidazole rings is 1. The van der Waals surface area contributed by atoms with E-state index in [0.29, 0.717) is 11.5 Å². The Kier molecular flexibility index (Phi) is 6.93. The van der Waals surface area contributed by atoms with Crippen LogP contribution in [0.5, 0.6) is 0 Å². The van der Waals surface area contributed by atoms with Gasteiger partial charge in [-0.1, -0.05) is 32.0 Å². The third-order valence-corrected chi connectivity index (χ3v) is 6.32. The maximum atomic E-state index is 9.40. The summed E-state index contributed by atoms with van der Waals surface area (Å²) in [6.45, 7) is 10.6. The zero-order chi connectivity index (χ0) is 24.1. The van der Waals surface area contributed by atoms with Gasteiger partial charge < -0.3 is 14.7 Å². The highest BCUT2D eigenvalue weighted by Gasteiger charge is 2.15. The molecule has 2 N–H and O–H groups in total. The van der Waals surface area contributed by atoms with Gasteiger partial charge in [-0.3, -0.25) is 4.99 Å². The number of rotatable bonds is 9. The fraction of sp³-hybridized carbons (Fsp3) is 0.250. The molecule has 34 heavy (non-hydrogen) atoms. The first-order valence-corrected chi connectivity index (χ1v) is 11.6. The Morgan fingerprint density at radius 2 is 2.21 bits per heavy atom. The minimum Gasteiger partial charge on any atom is -0.382 e. The molecule has 0 spiro atoms. The summed E-state index contributed by atoms with van der Waals surface area (Å²) in [5.41, 5.74) is 7.97. The number of aliphatic imine (C=N–C) groups is 1. The van der Waals surface area contributed by atoms with Gasteiger partial charge in [0.25, 0.3) is 0 Å². The van der Waals surface area contributed by atoms with Crippen LogP contribution in [0.3, 0.4) is 0 Å². The number of pyridine rings is 1. The molecule has 6 nitrogen and oxygen atoms in total. The fourth-order valence-corrected chi connectivity index (χ4v) is 4.21. The molecule has 0 radical (unpaired) electrons. The van der Waals surface area contributed by atoms with E-state index in [1.807, 2.05) is 25.3 Å². The monoisotopic (exact) mass is 450 g/mol. The second-order valence-electron chi connectivity index (χ2n) is 8.57. The minimum atomic E-state index is 0.383. The molecular weight excluding hydrogens is 420 g/mol. The van der Waals surface area contributed by atoms with Crippen LogP contribution in [-0.2, 0) is 6.42 Å². The molecule has 1 aromatic carbocycles. The number of fused-ring (bicyclic) bond motifs is 2. The maximum absolute atomic E-state index is 9.40. The quantitative estimate of drug-likeness (QED) is 0.174. The zero-order valence-corrected chi connectivity index (χ0v) is 20.0. The van der Waals surface area contributed by atoms with E-state index in [1.165, 1.54) is 22.8 Å². The van der Waals surface area contributed by atoms with Crippen molar-refractivity contribution in [3.05, 3.63) is 83.6 Å². The minimum absolute atomic E-state index is 0.383. The second kappa shape index (κ2) is 10.2. The molecule has 172 valence electrons. The van der Waals surface area contributed by atoms with Crippen molar-refractivity contribution in [1.29, 1.82) is 5.26 Å². The van der Waals surface area contributed by atoms with Crippen molar-refractivity contribution < 1.29 is 0 Å². The standard InChI is InChI=1S/C28H30N6/c1-5-19(2)27-17-33-28-26(31-11-10-22-16-32-25-9-7-6-8-24(22)25)13-23(18-34(27)28)20(3)12-21(14-29)15-30-4/h6-9,12-13,15-19,31-32H,4-5,10-11H2,1-3H3/b20-12+,21-15+. The molecule has 3 aromatic heterocycles. The Morgan fingerprint density at radius 3 is 2.97 bits per heavy atom. The first-order chi connectivity index (χ1) is 16.5. The lowest BCUT2D eigenvalue weighted by molar-refractivity contribution is 0.700. The fourth-order valence-electron chi connectivity index (χ4n) is 4.21. The highest BCUT2D eigenvalue weighted by atomic mass is 15.0. The van der Waals surface area contributed by atoms with Gasteiger partial charge in [-0.15, -0.1) is 0 Å². The number of anilines is 1. The van der Waals surface area contributed by atoms with Gasteiger partial charge in [-0.05, 0) is 67.3 Å². The van der Waals surface area contributed by atoms with Gasteiger partial charge in [0, 0.05) is 47.9 Å². The largest absolute Gasteiger partial charge is 0.382 e. The van der Waals surface area contributed by atoms with Crippen LogP contribution < -0.4 is 5.32 Å². The molecule has 4 aromatic rings. The summed E-state index contributed by atoms with van der Waals surface area (Å²) < 4.78 is 2.18. The summed E-state index contributed by atoms with van der Waals surface area (Å²) in [7, 11) is 0. The van der Waals surface area contributed by atoms with E-state index in [9.17, 15) is 5.26 Å². The van der Waals surface area contributed by atoms with Crippen LogP contribution in [0.15, 0.2) is 71.8 Å². The summed E-state index contributed by atoms with van der Waals surface area (Å²) in [6.07, 6.45) is 11.4. The lowest BCUT2D eigenvalue weighted by Gasteiger charge is -2.14. The number of allylic oxidation sites excluding steroid dienone is 3. The van der Waals surface area contributed by atoms with Crippen LogP contribution in [0.4, 0.5) is 5.69 Å². The molecule has 4 rings (SSSR count). The van der Waals surface area contributed by atoms with Crippen molar-refractivity contribution in [2.75, 3.05) is 11.9 Å². The number of nitrogens with zero attached hydrogens (tertiary/aromatic N) is 4. The summed E-state index contributed by atoms with van der Waals surface area (Å²) >= 11 is 0. The predicted molar refractivity (Wildman–Crippen MR) is 141 cm³/mol. The third-order valence-electron chi connectivity index (χ3n) is 6.32. The molecule has 0 fully saturated rings. The van der Waals surface area contributed by atoms with Gasteiger partial charge in [-0.25, -0.2) is 4.98 Å². The van der Waals surface area contributed by atoms with Crippen molar-refractivity contribution in [1.82, 2.24) is 14.4 Å². The highest BCUT2D eigenvalue weighted by Crippen LogP contribution is 2.28. The molecule has 0 aliphatic heterocycles. The van der Waals surface area contributed by atoms with Crippen LogP contribution in [-0.4, -0.2) is 27.6 Å². The Bertz CT molecular complexity index is 1430. The average molecular weight is 451 g/mol. The molecule has 0 saturated carbocycles. The highest BCUT2D eigenvalue weighted by molar-refractivity contribution is 5.83. The number of hydrogen-bond donors (Lipinski definition) is 2. The van der Waals surface area contributed by atoms with Crippen LogP contribution in [0.2, 0.25) is 0 Å². The zero-order valence-electron chi connectivity index (χ0n) is 20.0. The first-order valence-electron chi connectivity index (χ1n) is 11.6. The molecule has 0 amide bonds. The lowest BCUT2D eigenvalue weighted by atomic mass is 10.0. The van der Waals surface area contributed by atoms with E-state index in [0.717, 1.165) is 47.4 Å². The van der Waals surface area contributed by atoms with Crippen molar-refractivity contribution in [2.24, 2.45) is 4.99 Å². The van der Waals surface area contributed by atoms with Gasteiger partial charge in [0.2, 0.25) is 0 Å². The Labute approximate surface area is 200 Å². The Hall–Kier alpha value is -4.11. The molecule has 1 unspecified atom stereocenters. The number of nitriles is 1. The van der Waals surface area contributed by atoms with Crippen molar-refractivity contribution >= 4 is 34.5 Å². The summed E-state index contributed by atoms with van der Waals surface area (Å²) in [5, 5.41) is 14.3. The second-order valence-corrected chi connectivity index (χ2v) is 8.57. The topological polar surface area (TPSA) is 81.3 Å². The van der Waals surface area contributed by atoms with E-state index in [4.69, 9.17) is 4.98 Å². The Morgan fingerprint density at radius 1 is 1.38 bits per heavy atom. The third kappa shape index (κ3) is 4.65. The van der Waals surface area contributed by atoms with Gasteiger partial charge >= 0.3 is 0 Å². The van der Waals surface area contributed by atoms with E-state index < -0.39 is 0 Å². The number of nitrogens with one attached hydrogen (secondary N) is 2. The first kappa shape index (κ1) is 23.1. The van der Waals surface area contributed by atoms with Gasteiger partial charge in [-0.2, -0.15) is 5.26 Å². The summed E-state index contributed by atoms with van der Waals surface area (Å²) in [6, 6.07) is 12.6. The molecular formula is C28H30N6. The van der Waals surface area contributed by atoms with Gasteiger partial charge in [0.05, 0.1) is 11.3 Å². The number of para-hydroxylation sites is 1. The van der Waals surface area contributed by atoms with Crippen molar-refractivity contribution in [3.63, 3.8) is 0 Å². The molecule has 3 heterocycles. The summed E-state index contributed by atoms with van der Waals surface area (Å²) in [4.78, 5) is 11.8. The van der Waals surface area contributed by atoms with Crippen LogP contribution in [0.25, 0.3) is 22.1 Å². The van der Waals surface area contributed by atoms with E-state index in [1.54, 1.807) is 0 Å². The van der Waals surface area contributed by atoms with E-state index in [2.05, 4.69) is 83.0 Å². The molecule has 1 atom stereocenters. The normalized spacial score (nSPS) is 13.2. The smallest absolute Gasteiger partial charge is 0.160 e. The molecule has 0 aliphatic rings. The van der Waals surface area contributed by atoms with Gasteiger partial charge in [0.15, 0.2) is 5.65 Å². The van der Waals surface area contributed by atoms with E-state index in [-0.39, 0.29) is 0 Å². The maximum Gasteiger partial charge on any atom is 0.160 e. The summed E-state index contributed by atoms with van der Waals surface area (Å²) in [5.74, 6) is 0.383. The van der Waals surface area contributed by atoms with Crippen LogP contribution in [0.1, 0.15) is 49.9 Å². The molecule has 0 aliphatic carbocycles. The number of aromatic amines is 1. The lowest BCUT2D eigenvalue weighted by Crippen LogP contribution is -2.08. The predicted octanol–water partition coefficient (Wildman–Crippen LogP) is 6.50. The number of aromatic nitrogens is 3. The molecule has 0 bridgehead atoms. The number of H-pyrrole nitrogens is 1. The molecule has 0 saturated heterocycles. The Balaban J connectivity index is 1.69. The van der Waals surface area contributed by atoms with Crippen molar-refractivity contribution in [3.8, 4) is 6.07 Å². The van der Waals surface area contributed by atoms with Crippen LogP contribution in [0, 0.1) is 11.3 Å². The van der Waals surface area contributed by atoms with E-state index >= 15 is 0 Å². The number of benzene rings is 1. The number of hydrogen-bond acceptors (Lipinski definition) is 4. The SMILES string of the molecule is C=N/C=C(C#N)\C=C(/C)c1cc(NCCc2c[nH]c3ccccc23)c2ncc(C(C)CC)n2c1. The van der Waals surface area contributed by atoms with Crippen LogP contribution >= 0.6 is 0 Å². The average Bonchev–Trinajstić information content (AvgIpc) is 3.47. The molecule has 6 heteroatoms. The van der Waals surface area contributed by atoms with Crippen molar-refractivity contribution in [2.45, 2.75) is 39.5 Å². The van der Waals surface area contributed by atoms with Gasteiger partial charge in [0.1, 0.15) is 6.07 Å².